The fourth-order valence-electron chi connectivity index (χ4n) is 1.88. The Balaban J connectivity index is 2.49. The number of hydrogen-bond acceptors (Lipinski definition) is 3. The van der Waals surface area contributed by atoms with E-state index in [2.05, 4.69) is 5.10 Å². The van der Waals surface area contributed by atoms with E-state index in [9.17, 15) is 4.79 Å². The van der Waals surface area contributed by atoms with Crippen molar-refractivity contribution in [2.45, 2.75) is 13.8 Å². The van der Waals surface area contributed by atoms with E-state index in [4.69, 9.17) is 28.5 Å². The molecule has 0 fully saturated rings. The number of rotatable bonds is 2. The third kappa shape index (κ3) is 3.15. The van der Waals surface area contributed by atoms with Gasteiger partial charge in [0, 0.05) is 5.69 Å². The standard InChI is InChI=1S/C15H11Cl2N3O/c1-9-5-10(2)20(15(21)12(9)7-18)19-8-11-3-4-13(16)14(17)6-11/h3-6,8H,1-2H3/b19-8+. The summed E-state index contributed by atoms with van der Waals surface area (Å²) in [5.74, 6) is 0. The summed E-state index contributed by atoms with van der Waals surface area (Å²) in [6, 6.07) is 8.67. The molecule has 0 radical (unpaired) electrons. The van der Waals surface area contributed by atoms with Crippen molar-refractivity contribution >= 4 is 29.4 Å². The van der Waals surface area contributed by atoms with E-state index in [0.717, 1.165) is 0 Å². The van der Waals surface area contributed by atoms with Gasteiger partial charge in [0.25, 0.3) is 5.56 Å². The zero-order chi connectivity index (χ0) is 15.6. The van der Waals surface area contributed by atoms with Gasteiger partial charge in [0.2, 0.25) is 0 Å². The summed E-state index contributed by atoms with van der Waals surface area (Å²) in [4.78, 5) is 12.2. The van der Waals surface area contributed by atoms with Gasteiger partial charge in [0.1, 0.15) is 11.6 Å². The molecule has 0 bridgehead atoms. The van der Waals surface area contributed by atoms with Crippen LogP contribution in [-0.2, 0) is 0 Å². The highest BCUT2D eigenvalue weighted by Crippen LogP contribution is 2.21. The molecule has 1 aromatic carbocycles. The first-order chi connectivity index (χ1) is 9.93. The third-order valence-electron chi connectivity index (χ3n) is 2.94. The molecule has 0 aliphatic heterocycles. The summed E-state index contributed by atoms with van der Waals surface area (Å²) in [6.07, 6.45) is 1.49. The normalized spacial score (nSPS) is 10.8. The summed E-state index contributed by atoms with van der Waals surface area (Å²) in [5.41, 5.74) is 1.64. The van der Waals surface area contributed by atoms with Crippen LogP contribution >= 0.6 is 23.2 Å². The molecular formula is C15H11Cl2N3O. The Bertz CT molecular complexity index is 832. The van der Waals surface area contributed by atoms with Crippen LogP contribution in [0.1, 0.15) is 22.4 Å². The molecule has 0 spiro atoms. The minimum Gasteiger partial charge on any atom is -0.266 e. The second-order valence-electron chi connectivity index (χ2n) is 4.49. The Hall–Kier alpha value is -2.09. The molecule has 0 N–H and O–H groups in total. The van der Waals surface area contributed by atoms with Crippen molar-refractivity contribution < 1.29 is 0 Å². The van der Waals surface area contributed by atoms with E-state index in [1.807, 2.05) is 6.07 Å². The van der Waals surface area contributed by atoms with Crippen molar-refractivity contribution in [3.63, 3.8) is 0 Å². The van der Waals surface area contributed by atoms with Crippen molar-refractivity contribution in [1.29, 1.82) is 5.26 Å². The molecule has 0 aliphatic carbocycles. The van der Waals surface area contributed by atoms with E-state index in [1.54, 1.807) is 38.1 Å². The van der Waals surface area contributed by atoms with Crippen LogP contribution in [0.4, 0.5) is 0 Å². The van der Waals surface area contributed by atoms with Gasteiger partial charge in [-0.2, -0.15) is 10.4 Å². The number of hydrogen-bond donors (Lipinski definition) is 0. The molecule has 0 aliphatic rings. The van der Waals surface area contributed by atoms with Crippen molar-refractivity contribution in [3.8, 4) is 6.07 Å². The monoisotopic (exact) mass is 319 g/mol. The van der Waals surface area contributed by atoms with Gasteiger partial charge in [0.05, 0.1) is 16.3 Å². The molecular weight excluding hydrogens is 309 g/mol. The molecule has 0 saturated heterocycles. The summed E-state index contributed by atoms with van der Waals surface area (Å²) in [7, 11) is 0. The number of halogens is 2. The molecule has 0 atom stereocenters. The lowest BCUT2D eigenvalue weighted by Gasteiger charge is -2.06. The quantitative estimate of drug-likeness (QED) is 0.795. The van der Waals surface area contributed by atoms with E-state index < -0.39 is 5.56 Å². The first kappa shape index (κ1) is 15.3. The topological polar surface area (TPSA) is 58.1 Å². The fourth-order valence-corrected chi connectivity index (χ4v) is 2.18. The van der Waals surface area contributed by atoms with Crippen LogP contribution in [-0.4, -0.2) is 10.9 Å². The number of aromatic nitrogens is 1. The van der Waals surface area contributed by atoms with E-state index >= 15 is 0 Å². The minimum absolute atomic E-state index is 0.0897. The number of pyridine rings is 1. The van der Waals surface area contributed by atoms with Crippen LogP contribution in [0.3, 0.4) is 0 Å². The highest BCUT2D eigenvalue weighted by molar-refractivity contribution is 6.42. The number of nitrogens with zero attached hydrogens (tertiary/aromatic N) is 3. The summed E-state index contributed by atoms with van der Waals surface area (Å²) >= 11 is 11.8. The fraction of sp³-hybridized carbons (Fsp3) is 0.133. The molecule has 2 rings (SSSR count). The predicted molar refractivity (Wildman–Crippen MR) is 84.3 cm³/mol. The molecule has 0 amide bonds. The van der Waals surface area contributed by atoms with Crippen molar-refractivity contribution in [2.75, 3.05) is 0 Å². The molecule has 0 saturated carbocycles. The van der Waals surface area contributed by atoms with Gasteiger partial charge in [-0.15, -0.1) is 0 Å². The SMILES string of the molecule is Cc1cc(C)n(/N=C/c2ccc(Cl)c(Cl)c2)c(=O)c1C#N. The van der Waals surface area contributed by atoms with Crippen LogP contribution in [0.15, 0.2) is 34.2 Å². The second kappa shape index (κ2) is 6.13. The van der Waals surface area contributed by atoms with Crippen molar-refractivity contribution in [2.24, 2.45) is 5.10 Å². The van der Waals surface area contributed by atoms with Crippen molar-refractivity contribution in [3.05, 3.63) is 67.0 Å². The maximum atomic E-state index is 12.2. The maximum Gasteiger partial charge on any atom is 0.289 e. The molecule has 4 nitrogen and oxygen atoms in total. The third-order valence-corrected chi connectivity index (χ3v) is 3.68. The lowest BCUT2D eigenvalue weighted by atomic mass is 10.1. The highest BCUT2D eigenvalue weighted by atomic mass is 35.5. The van der Waals surface area contributed by atoms with Crippen LogP contribution < -0.4 is 5.56 Å². The zero-order valence-corrected chi connectivity index (χ0v) is 12.9. The maximum absolute atomic E-state index is 12.2. The Morgan fingerprint density at radius 2 is 1.95 bits per heavy atom. The van der Waals surface area contributed by atoms with Crippen LogP contribution in [0.25, 0.3) is 0 Å². The predicted octanol–water partition coefficient (Wildman–Crippen LogP) is 3.53. The molecule has 1 heterocycles. The van der Waals surface area contributed by atoms with Gasteiger partial charge in [-0.05, 0) is 43.2 Å². The van der Waals surface area contributed by atoms with Crippen LogP contribution in [0, 0.1) is 25.2 Å². The zero-order valence-electron chi connectivity index (χ0n) is 11.4. The summed E-state index contributed by atoms with van der Waals surface area (Å²) in [5, 5.41) is 14.0. The Labute approximate surface area is 131 Å². The first-order valence-corrected chi connectivity index (χ1v) is 6.82. The van der Waals surface area contributed by atoms with E-state index in [1.165, 1.54) is 10.9 Å². The lowest BCUT2D eigenvalue weighted by molar-refractivity contribution is 0.786. The minimum atomic E-state index is -0.439. The molecule has 0 unspecified atom stereocenters. The lowest BCUT2D eigenvalue weighted by Crippen LogP contribution is -2.22. The van der Waals surface area contributed by atoms with Crippen molar-refractivity contribution in [1.82, 2.24) is 4.68 Å². The largest absolute Gasteiger partial charge is 0.289 e. The summed E-state index contributed by atoms with van der Waals surface area (Å²) in [6.45, 7) is 3.47. The Morgan fingerprint density at radius 3 is 2.57 bits per heavy atom. The van der Waals surface area contributed by atoms with Gasteiger partial charge in [0.15, 0.2) is 0 Å². The first-order valence-electron chi connectivity index (χ1n) is 6.07. The van der Waals surface area contributed by atoms with Gasteiger partial charge in [-0.3, -0.25) is 4.79 Å². The molecule has 106 valence electrons. The summed E-state index contributed by atoms with van der Waals surface area (Å²) < 4.78 is 1.19. The Kier molecular flexibility index (Phi) is 4.46. The average molecular weight is 320 g/mol. The van der Waals surface area contributed by atoms with Gasteiger partial charge in [-0.1, -0.05) is 29.3 Å². The Morgan fingerprint density at radius 1 is 1.24 bits per heavy atom. The van der Waals surface area contributed by atoms with E-state index in [0.29, 0.717) is 26.9 Å². The smallest absolute Gasteiger partial charge is 0.266 e. The molecule has 6 heteroatoms. The van der Waals surface area contributed by atoms with Gasteiger partial charge in [-0.25, -0.2) is 4.68 Å². The number of nitriles is 1. The number of benzene rings is 1. The van der Waals surface area contributed by atoms with Crippen LogP contribution in [0.5, 0.6) is 0 Å². The average Bonchev–Trinajstić information content (AvgIpc) is 2.42. The second-order valence-corrected chi connectivity index (χ2v) is 5.31. The van der Waals surface area contributed by atoms with Crippen LogP contribution in [0.2, 0.25) is 10.0 Å². The number of aryl methyl sites for hydroxylation is 2. The molecule has 21 heavy (non-hydrogen) atoms. The van der Waals surface area contributed by atoms with Gasteiger partial charge >= 0.3 is 0 Å². The highest BCUT2D eigenvalue weighted by Gasteiger charge is 2.09. The molecule has 2 aromatic rings. The van der Waals surface area contributed by atoms with E-state index in [-0.39, 0.29) is 5.56 Å². The molecule has 1 aromatic heterocycles. The van der Waals surface area contributed by atoms with Gasteiger partial charge < -0.3 is 0 Å².